The van der Waals surface area contributed by atoms with Crippen molar-refractivity contribution in [1.82, 2.24) is 9.55 Å². The number of ether oxygens (including phenoxy) is 1. The van der Waals surface area contributed by atoms with Gasteiger partial charge in [0.25, 0.3) is 5.56 Å². The summed E-state index contributed by atoms with van der Waals surface area (Å²) in [6.07, 6.45) is -5.25. The zero-order chi connectivity index (χ0) is 19.0. The Balaban J connectivity index is 0.00000338. The predicted molar refractivity (Wildman–Crippen MR) is 86.5 cm³/mol. The monoisotopic (exact) mass is 438 g/mol. The Kier molecular flexibility index (Phi) is 7.55. The topological polar surface area (TPSA) is 218 Å². The number of nitrogens with one attached hydrogen (secondary N) is 1. The number of aliphatic hydroxyl groups is 2. The SMILES string of the molecule is O=c1ccn([C@@H]2O[C@H](COP(=O)(O)OP(=O)(O)O)[C@@H](O)[C@H]2O)c(=O)[nH]1.S. The van der Waals surface area contributed by atoms with Crippen LogP contribution in [-0.4, -0.2) is 59.4 Å². The lowest BCUT2D eigenvalue weighted by Crippen LogP contribution is -2.37. The summed E-state index contributed by atoms with van der Waals surface area (Å²) in [5, 5.41) is 19.8. The first-order valence-electron chi connectivity index (χ1n) is 6.47. The Morgan fingerprint density at radius 3 is 2.35 bits per heavy atom. The number of rotatable bonds is 6. The molecule has 0 spiro atoms. The summed E-state index contributed by atoms with van der Waals surface area (Å²) in [5.41, 5.74) is -1.65. The average molecular weight is 438 g/mol. The van der Waals surface area contributed by atoms with E-state index in [-0.39, 0.29) is 13.5 Å². The first kappa shape index (κ1) is 23.2. The molecule has 6 N–H and O–H groups in total. The van der Waals surface area contributed by atoms with Gasteiger partial charge in [-0.15, -0.1) is 0 Å². The van der Waals surface area contributed by atoms with Crippen LogP contribution in [-0.2, 0) is 22.7 Å². The molecule has 1 fully saturated rings. The molecule has 1 saturated heterocycles. The van der Waals surface area contributed by atoms with Crippen molar-refractivity contribution in [3.8, 4) is 0 Å². The predicted octanol–water partition coefficient (Wildman–Crippen LogP) is -2.51. The van der Waals surface area contributed by atoms with E-state index in [9.17, 15) is 28.9 Å². The van der Waals surface area contributed by atoms with Crippen molar-refractivity contribution >= 4 is 29.1 Å². The zero-order valence-electron chi connectivity index (χ0n) is 12.6. The van der Waals surface area contributed by atoms with Crippen molar-refractivity contribution in [1.29, 1.82) is 0 Å². The second kappa shape index (κ2) is 8.46. The standard InChI is InChI=1S/C9H14N2O12P2.H2S/c12-5-1-2-11(9(15)10-5)8-7(14)6(13)4(22-8)3-21-25(19,20)23-24(16,17)18;/h1-2,4,6-8,13-14H,3H2,(H,19,20)(H,10,12,15)(H2,16,17,18);1H2/t4-,6-,7-,8-;/m1./s1. The number of H-pyrrole nitrogens is 1. The number of aliphatic hydroxyl groups excluding tert-OH is 2. The molecule has 2 heterocycles. The fourth-order valence-electron chi connectivity index (χ4n) is 2.05. The fourth-order valence-corrected chi connectivity index (χ4v) is 3.65. The molecular formula is C9H16N2O12P2S. The minimum atomic E-state index is -5.32. The largest absolute Gasteiger partial charge is 0.481 e. The van der Waals surface area contributed by atoms with Gasteiger partial charge in [0.15, 0.2) is 6.23 Å². The molecule has 0 saturated carbocycles. The maximum atomic E-state index is 11.7. The number of nitrogens with zero attached hydrogens (tertiary/aromatic N) is 1. The van der Waals surface area contributed by atoms with Gasteiger partial charge >= 0.3 is 21.3 Å². The lowest BCUT2D eigenvalue weighted by molar-refractivity contribution is -0.0542. The molecule has 5 atom stereocenters. The summed E-state index contributed by atoms with van der Waals surface area (Å²) in [4.78, 5) is 50.7. The van der Waals surface area contributed by atoms with Crippen LogP contribution in [0.25, 0.3) is 0 Å². The Labute approximate surface area is 151 Å². The Bertz CT molecular complexity index is 834. The van der Waals surface area contributed by atoms with E-state index in [1.807, 2.05) is 4.98 Å². The lowest BCUT2D eigenvalue weighted by Gasteiger charge is -2.17. The second-order valence-electron chi connectivity index (χ2n) is 4.90. The summed E-state index contributed by atoms with van der Waals surface area (Å²) in [5.74, 6) is 0. The molecule has 17 heteroatoms. The van der Waals surface area contributed by atoms with Crippen molar-refractivity contribution < 1.29 is 47.6 Å². The third-order valence-electron chi connectivity index (χ3n) is 3.07. The van der Waals surface area contributed by atoms with Gasteiger partial charge in [-0.1, -0.05) is 0 Å². The van der Waals surface area contributed by atoms with Crippen molar-refractivity contribution in [2.75, 3.05) is 6.61 Å². The molecule has 0 aliphatic carbocycles. The van der Waals surface area contributed by atoms with Gasteiger partial charge in [0, 0.05) is 12.3 Å². The highest BCUT2D eigenvalue weighted by molar-refractivity contribution is 7.60. The van der Waals surface area contributed by atoms with E-state index in [0.29, 0.717) is 0 Å². The normalized spacial score (nSPS) is 28.3. The van der Waals surface area contributed by atoms with Gasteiger partial charge in [-0.3, -0.25) is 18.9 Å². The molecule has 0 radical (unpaired) electrons. The Hall–Kier alpha value is -0.830. The van der Waals surface area contributed by atoms with E-state index in [4.69, 9.17) is 19.4 Å². The van der Waals surface area contributed by atoms with Gasteiger partial charge in [0.05, 0.1) is 6.61 Å². The highest BCUT2D eigenvalue weighted by Crippen LogP contribution is 2.57. The molecule has 1 aromatic heterocycles. The summed E-state index contributed by atoms with van der Waals surface area (Å²) < 4.78 is 35.6. The number of phosphoric acid groups is 2. The zero-order valence-corrected chi connectivity index (χ0v) is 15.4. The van der Waals surface area contributed by atoms with Crippen LogP contribution in [0.2, 0.25) is 0 Å². The second-order valence-corrected chi connectivity index (χ2v) is 7.73. The molecule has 1 aromatic rings. The highest BCUT2D eigenvalue weighted by atomic mass is 32.1. The first-order valence-corrected chi connectivity index (χ1v) is 9.49. The number of aromatic nitrogens is 2. The molecule has 0 bridgehead atoms. The van der Waals surface area contributed by atoms with Crippen LogP contribution in [0, 0.1) is 0 Å². The summed E-state index contributed by atoms with van der Waals surface area (Å²) in [6.45, 7) is -0.902. The van der Waals surface area contributed by atoms with Crippen molar-refractivity contribution in [3.63, 3.8) is 0 Å². The van der Waals surface area contributed by atoms with Gasteiger partial charge in [0.1, 0.15) is 18.3 Å². The smallest absolute Gasteiger partial charge is 0.387 e. The van der Waals surface area contributed by atoms with Gasteiger partial charge in [-0.05, 0) is 0 Å². The fraction of sp³-hybridized carbons (Fsp3) is 0.556. The summed E-state index contributed by atoms with van der Waals surface area (Å²) >= 11 is 0. The lowest BCUT2D eigenvalue weighted by atomic mass is 10.1. The highest BCUT2D eigenvalue weighted by Gasteiger charge is 2.45. The van der Waals surface area contributed by atoms with Gasteiger partial charge in [0.2, 0.25) is 0 Å². The number of hydrogen-bond donors (Lipinski definition) is 6. The summed E-state index contributed by atoms with van der Waals surface area (Å²) in [7, 11) is -10.5. The molecule has 0 aromatic carbocycles. The van der Waals surface area contributed by atoms with Crippen molar-refractivity contribution in [2.45, 2.75) is 24.5 Å². The number of aromatic amines is 1. The molecular weight excluding hydrogens is 422 g/mol. The van der Waals surface area contributed by atoms with Crippen LogP contribution in [0.15, 0.2) is 21.9 Å². The van der Waals surface area contributed by atoms with E-state index in [1.54, 1.807) is 0 Å². The maximum absolute atomic E-state index is 11.7. The van der Waals surface area contributed by atoms with Crippen LogP contribution in [0.4, 0.5) is 0 Å². The van der Waals surface area contributed by atoms with Gasteiger partial charge < -0.3 is 29.6 Å². The van der Waals surface area contributed by atoms with Crippen LogP contribution in [0.5, 0.6) is 0 Å². The van der Waals surface area contributed by atoms with Gasteiger partial charge in [-0.25, -0.2) is 13.9 Å². The minimum Gasteiger partial charge on any atom is -0.387 e. The van der Waals surface area contributed by atoms with Crippen molar-refractivity contribution in [3.05, 3.63) is 33.1 Å². The van der Waals surface area contributed by atoms with E-state index >= 15 is 0 Å². The van der Waals surface area contributed by atoms with Gasteiger partial charge in [-0.2, -0.15) is 17.8 Å². The molecule has 1 aliphatic heterocycles. The molecule has 26 heavy (non-hydrogen) atoms. The van der Waals surface area contributed by atoms with Crippen molar-refractivity contribution in [2.24, 2.45) is 0 Å². The van der Waals surface area contributed by atoms with Crippen LogP contribution in [0.3, 0.4) is 0 Å². The van der Waals surface area contributed by atoms with E-state index in [1.165, 1.54) is 0 Å². The molecule has 2 rings (SSSR count). The van der Waals surface area contributed by atoms with Crippen LogP contribution >= 0.6 is 29.1 Å². The molecule has 1 unspecified atom stereocenters. The average Bonchev–Trinajstić information content (AvgIpc) is 2.71. The minimum absolute atomic E-state index is 0. The van der Waals surface area contributed by atoms with E-state index in [0.717, 1.165) is 16.8 Å². The number of hydrogen-bond acceptors (Lipinski definition) is 9. The third-order valence-corrected chi connectivity index (χ3v) is 5.23. The summed E-state index contributed by atoms with van der Waals surface area (Å²) in [6, 6.07) is 0.962. The molecule has 1 aliphatic rings. The molecule has 150 valence electrons. The van der Waals surface area contributed by atoms with Crippen LogP contribution in [0.1, 0.15) is 6.23 Å². The third kappa shape index (κ3) is 5.84. The van der Waals surface area contributed by atoms with Crippen LogP contribution < -0.4 is 11.2 Å². The maximum Gasteiger partial charge on any atom is 0.481 e. The Morgan fingerprint density at radius 2 is 1.81 bits per heavy atom. The number of phosphoric ester groups is 1. The first-order chi connectivity index (χ1) is 11.4. The quantitative estimate of drug-likeness (QED) is 0.254. The Morgan fingerprint density at radius 1 is 1.19 bits per heavy atom. The van der Waals surface area contributed by atoms with E-state index in [2.05, 4.69) is 8.83 Å². The molecule has 0 amide bonds. The van der Waals surface area contributed by atoms with E-state index < -0.39 is 58.0 Å². The molecule has 14 nitrogen and oxygen atoms in total.